The number of hydrogen-bond donors (Lipinski definition) is 0. The van der Waals surface area contributed by atoms with Crippen LogP contribution in [0.15, 0.2) is 0 Å². The van der Waals surface area contributed by atoms with Crippen molar-refractivity contribution >= 4 is 154 Å². The maximum Gasteiger partial charge on any atom is 0 e. The molecule has 0 amide bonds. The molecule has 0 nitrogen and oxygen atoms in total. The summed E-state index contributed by atoms with van der Waals surface area (Å²) < 4.78 is 0. The molecule has 0 saturated carbocycles. The van der Waals surface area contributed by atoms with E-state index < -0.39 is 0 Å². The van der Waals surface area contributed by atoms with Crippen LogP contribution >= 0.6 is 0 Å². The van der Waals surface area contributed by atoms with Crippen molar-refractivity contribution in [3.8, 4) is 0 Å². The van der Waals surface area contributed by atoms with Crippen LogP contribution in [-0.2, 0) is 20.4 Å². The Morgan fingerprint density at radius 2 is 0.500 bits per heavy atom. The maximum atomic E-state index is 0. The summed E-state index contributed by atoms with van der Waals surface area (Å²) >= 11 is 0. The first-order chi connectivity index (χ1) is 0. The van der Waals surface area contributed by atoms with E-state index in [1.807, 2.05) is 0 Å². The molecule has 0 fully saturated rings. The molecule has 0 aromatic rings. The molecule has 0 N–H and O–H groups in total. The molecule has 0 heterocycles. The van der Waals surface area contributed by atoms with Gasteiger partial charge in [-0.25, -0.2) is 0 Å². The molecule has 0 radical (unpaired) electrons. The Morgan fingerprint density at radius 1 is 0.500 bits per heavy atom. The van der Waals surface area contributed by atoms with Gasteiger partial charge in [0.05, 0.1) is 0 Å². The fourth-order valence-electron chi connectivity index (χ4n) is 0. The Labute approximate surface area is 168 Å². The third-order valence-corrected chi connectivity index (χ3v) is 0. The van der Waals surface area contributed by atoms with Gasteiger partial charge in [-0.2, -0.15) is 0 Å². The number of hydrogen-bond acceptors (Lipinski definition) is 0. The zero-order valence-corrected chi connectivity index (χ0v) is 1.87. The topological polar surface area (TPSA) is 0 Å². The van der Waals surface area contributed by atoms with Crippen molar-refractivity contribution in [1.29, 1.82) is 0 Å². The molecule has 0 atom stereocenters. The van der Waals surface area contributed by atoms with Crippen molar-refractivity contribution in [2.45, 2.75) is 0 Å². The summed E-state index contributed by atoms with van der Waals surface area (Å²) in [5.74, 6) is 0. The summed E-state index contributed by atoms with van der Waals surface area (Å²) in [4.78, 5) is 0. The summed E-state index contributed by atoms with van der Waals surface area (Å²) in [5, 5.41) is 0. The van der Waals surface area contributed by atoms with Crippen LogP contribution in [0.5, 0.6) is 0 Å². The average Bonchev–Trinajstić information content (AvgIpc) is 0. The van der Waals surface area contributed by atoms with Crippen molar-refractivity contribution in [2.75, 3.05) is 0 Å². The Morgan fingerprint density at radius 3 is 0.500 bits per heavy atom. The van der Waals surface area contributed by atoms with Gasteiger partial charge in [0.2, 0.25) is 0 Å². The normalized spacial score (nSPS) is 0. The molecule has 0 aliphatic heterocycles. The first kappa shape index (κ1) is 22.7. The average molecular weight is 227 g/mol. The molecule has 4 heteroatoms. The first-order valence-corrected chi connectivity index (χ1v) is 0. The fraction of sp³-hybridized carbons (Fsp3) is 0. The van der Waals surface area contributed by atoms with E-state index in [1.54, 1.807) is 0 Å². The molecule has 0 spiro atoms. The van der Waals surface area contributed by atoms with E-state index in [0.29, 0.717) is 0 Å². The Hall–Kier alpha value is 5.57. The van der Waals surface area contributed by atoms with Gasteiger partial charge in [0, 0.05) is 20.4 Å². The summed E-state index contributed by atoms with van der Waals surface area (Å²) in [7, 11) is 0. The smallest absolute Gasteiger partial charge is 0 e. The van der Waals surface area contributed by atoms with E-state index in [4.69, 9.17) is 0 Å². The fourth-order valence-corrected chi connectivity index (χ4v) is 0. The molecular weight excluding hydrogens is 224 g/mol. The zero-order chi connectivity index (χ0) is 0. The molecule has 16 valence electrons. The van der Waals surface area contributed by atoms with Crippen LogP contribution in [0.1, 0.15) is 0 Å². The van der Waals surface area contributed by atoms with E-state index in [0.717, 1.165) is 0 Å². The van der Waals surface area contributed by atoms with Gasteiger partial charge in [-0.05, 0) is 0 Å². The second-order valence-corrected chi connectivity index (χ2v) is 0. The van der Waals surface area contributed by atoms with Crippen LogP contribution in [0.3, 0.4) is 0 Å². The predicted molar refractivity (Wildman–Crippen MR) is 21.4 cm³/mol. The van der Waals surface area contributed by atoms with Gasteiger partial charge >= 0.3 is 154 Å². The SMILES string of the molecule is [KH].[KH].[KH].[Pd]. The second-order valence-electron chi connectivity index (χ2n) is 0. The minimum atomic E-state index is 0. The van der Waals surface area contributed by atoms with Crippen molar-refractivity contribution < 1.29 is 20.4 Å². The predicted octanol–water partition coefficient (Wildman–Crippen LogP) is -1.95. The van der Waals surface area contributed by atoms with Gasteiger partial charge in [-0.1, -0.05) is 0 Å². The van der Waals surface area contributed by atoms with Crippen molar-refractivity contribution in [3.05, 3.63) is 0 Å². The molecule has 0 saturated heterocycles. The Kier molecular flexibility index (Phi) is 89.7. The summed E-state index contributed by atoms with van der Waals surface area (Å²) in [5.41, 5.74) is 0. The van der Waals surface area contributed by atoms with Crippen molar-refractivity contribution in [3.63, 3.8) is 0 Å². The van der Waals surface area contributed by atoms with Gasteiger partial charge in [0.1, 0.15) is 0 Å². The van der Waals surface area contributed by atoms with Crippen LogP contribution in [0.2, 0.25) is 0 Å². The molecular formula is H3K3Pd. The Balaban J connectivity index is 0. The van der Waals surface area contributed by atoms with Gasteiger partial charge in [0.15, 0.2) is 0 Å². The van der Waals surface area contributed by atoms with E-state index >= 15 is 0 Å². The first-order valence-electron chi connectivity index (χ1n) is 0. The second kappa shape index (κ2) is 15.8. The standard InChI is InChI=1S/3K.Pd.3H. The van der Waals surface area contributed by atoms with E-state index in [2.05, 4.69) is 0 Å². The largest absolute Gasteiger partial charge is 0 e. The van der Waals surface area contributed by atoms with E-state index in [9.17, 15) is 0 Å². The molecule has 0 aliphatic rings. The molecule has 4 heavy (non-hydrogen) atoms. The van der Waals surface area contributed by atoms with E-state index in [-0.39, 0.29) is 175 Å². The van der Waals surface area contributed by atoms with Crippen molar-refractivity contribution in [2.24, 2.45) is 0 Å². The summed E-state index contributed by atoms with van der Waals surface area (Å²) in [6, 6.07) is 0. The third-order valence-electron chi connectivity index (χ3n) is 0. The van der Waals surface area contributed by atoms with Crippen LogP contribution in [0.25, 0.3) is 0 Å². The third kappa shape index (κ3) is 10.5. The molecule has 0 unspecified atom stereocenters. The molecule has 0 bridgehead atoms. The zero-order valence-electron chi connectivity index (χ0n) is 0.316. The summed E-state index contributed by atoms with van der Waals surface area (Å²) in [6.45, 7) is 0. The molecule has 0 aromatic carbocycles. The van der Waals surface area contributed by atoms with Crippen LogP contribution in [0.4, 0.5) is 0 Å². The van der Waals surface area contributed by atoms with Crippen LogP contribution in [0, 0.1) is 0 Å². The van der Waals surface area contributed by atoms with Gasteiger partial charge < -0.3 is 0 Å². The quantitative estimate of drug-likeness (QED) is 0.422. The van der Waals surface area contributed by atoms with Gasteiger partial charge in [-0.3, -0.25) is 0 Å². The van der Waals surface area contributed by atoms with Gasteiger partial charge in [0.25, 0.3) is 0 Å². The molecule has 0 aliphatic carbocycles. The van der Waals surface area contributed by atoms with Crippen molar-refractivity contribution in [1.82, 2.24) is 0 Å². The minimum Gasteiger partial charge on any atom is 0 e. The maximum absolute atomic E-state index is 0. The monoisotopic (exact) mass is 226 g/mol. The van der Waals surface area contributed by atoms with Crippen LogP contribution in [-0.4, -0.2) is 154 Å². The minimum absolute atomic E-state index is 0. The van der Waals surface area contributed by atoms with Gasteiger partial charge in [-0.15, -0.1) is 0 Å². The molecule has 0 rings (SSSR count). The van der Waals surface area contributed by atoms with Crippen LogP contribution < -0.4 is 0 Å². The van der Waals surface area contributed by atoms with E-state index in [1.165, 1.54) is 0 Å². The Bertz CT molecular complexity index is 3.25. The molecule has 0 aromatic heterocycles. The number of rotatable bonds is 0. The summed E-state index contributed by atoms with van der Waals surface area (Å²) in [6.07, 6.45) is 0.